The fourth-order valence-electron chi connectivity index (χ4n) is 2.23. The van der Waals surface area contributed by atoms with Crippen molar-refractivity contribution in [3.05, 3.63) is 59.1 Å². The fraction of sp³-hybridized carbons (Fsp3) is 0.250. The minimum absolute atomic E-state index is 0.224. The summed E-state index contributed by atoms with van der Waals surface area (Å²) in [6, 6.07) is 8.92. The average molecular weight is 345 g/mol. The lowest BCUT2D eigenvalue weighted by atomic mass is 10.2. The molecule has 124 valence electrons. The third-order valence-corrected chi connectivity index (χ3v) is 3.76. The number of aryl methyl sites for hydroxylation is 1. The normalized spacial score (nSPS) is 12.1. The lowest BCUT2D eigenvalue weighted by Gasteiger charge is -2.10. The minimum atomic E-state index is -0.446. The zero-order chi connectivity index (χ0) is 17.1. The molecule has 1 N–H and O–H groups in total. The van der Waals surface area contributed by atoms with Crippen molar-refractivity contribution in [2.45, 2.75) is 26.4 Å². The fourth-order valence-corrected chi connectivity index (χ4v) is 2.45. The minimum Gasteiger partial charge on any atom is -0.291 e. The first-order valence-electron chi connectivity index (χ1n) is 7.48. The standard InChI is InChI=1S/C16H17ClN6O/c1-11-6-7-23(20-11)12(2)15(24)19-16-18-10-22(21-16)9-13-4-3-5-14(17)8-13/h3-8,10,12H,9H2,1-2H3,(H,19,21,24). The summed E-state index contributed by atoms with van der Waals surface area (Å²) in [6.45, 7) is 4.17. The highest BCUT2D eigenvalue weighted by atomic mass is 35.5. The number of aromatic nitrogens is 5. The van der Waals surface area contributed by atoms with Crippen molar-refractivity contribution < 1.29 is 4.79 Å². The van der Waals surface area contributed by atoms with E-state index in [0.717, 1.165) is 11.3 Å². The Morgan fingerprint density at radius 2 is 2.17 bits per heavy atom. The van der Waals surface area contributed by atoms with E-state index in [1.807, 2.05) is 37.3 Å². The van der Waals surface area contributed by atoms with Crippen molar-refractivity contribution in [1.82, 2.24) is 24.5 Å². The molecular formula is C16H17ClN6O. The molecule has 2 aromatic heterocycles. The number of anilines is 1. The number of benzene rings is 1. The van der Waals surface area contributed by atoms with E-state index < -0.39 is 6.04 Å². The number of halogens is 1. The number of hydrogen-bond acceptors (Lipinski definition) is 4. The predicted octanol–water partition coefficient (Wildman–Crippen LogP) is 2.68. The molecule has 1 atom stereocenters. The lowest BCUT2D eigenvalue weighted by molar-refractivity contribution is -0.119. The van der Waals surface area contributed by atoms with Crippen LogP contribution in [0.3, 0.4) is 0 Å². The number of carbonyl (C=O) groups is 1. The quantitative estimate of drug-likeness (QED) is 0.772. The van der Waals surface area contributed by atoms with Gasteiger partial charge >= 0.3 is 0 Å². The van der Waals surface area contributed by atoms with Gasteiger partial charge in [-0.05, 0) is 37.6 Å². The molecule has 7 nitrogen and oxygen atoms in total. The van der Waals surface area contributed by atoms with Gasteiger partial charge in [-0.2, -0.15) is 5.10 Å². The van der Waals surface area contributed by atoms with Crippen molar-refractivity contribution in [1.29, 1.82) is 0 Å². The Kier molecular flexibility index (Phi) is 4.61. The zero-order valence-corrected chi connectivity index (χ0v) is 14.1. The summed E-state index contributed by atoms with van der Waals surface area (Å²) < 4.78 is 3.25. The average Bonchev–Trinajstić information content (AvgIpc) is 3.16. The summed E-state index contributed by atoms with van der Waals surface area (Å²) in [6.07, 6.45) is 3.34. The smallest absolute Gasteiger partial charge is 0.251 e. The number of rotatable bonds is 5. The third-order valence-electron chi connectivity index (χ3n) is 3.52. The van der Waals surface area contributed by atoms with Crippen LogP contribution in [0.5, 0.6) is 0 Å². The van der Waals surface area contributed by atoms with Gasteiger partial charge in [0.2, 0.25) is 5.95 Å². The topological polar surface area (TPSA) is 77.6 Å². The second kappa shape index (κ2) is 6.84. The number of hydrogen-bond donors (Lipinski definition) is 1. The molecule has 0 saturated heterocycles. The second-order valence-corrected chi connectivity index (χ2v) is 5.93. The van der Waals surface area contributed by atoms with Crippen molar-refractivity contribution in [2.75, 3.05) is 5.32 Å². The Labute approximate surface area is 144 Å². The van der Waals surface area contributed by atoms with Crippen LogP contribution in [0.25, 0.3) is 0 Å². The third kappa shape index (κ3) is 3.80. The van der Waals surface area contributed by atoms with Crippen LogP contribution in [-0.4, -0.2) is 30.5 Å². The first kappa shape index (κ1) is 16.2. The van der Waals surface area contributed by atoms with Crippen molar-refractivity contribution in [3.8, 4) is 0 Å². The van der Waals surface area contributed by atoms with Crippen LogP contribution in [0.2, 0.25) is 5.02 Å². The molecule has 3 rings (SSSR count). The summed E-state index contributed by atoms with van der Waals surface area (Å²) in [4.78, 5) is 16.4. The Bertz CT molecular complexity index is 856. The van der Waals surface area contributed by atoms with Crippen molar-refractivity contribution in [3.63, 3.8) is 0 Å². The van der Waals surface area contributed by atoms with Gasteiger partial charge in [0.05, 0.1) is 12.2 Å². The SMILES string of the molecule is Cc1ccn(C(C)C(=O)Nc2ncn(Cc3cccc(Cl)c3)n2)n1. The molecule has 3 aromatic rings. The molecular weight excluding hydrogens is 328 g/mol. The Morgan fingerprint density at radius 1 is 1.33 bits per heavy atom. The predicted molar refractivity (Wildman–Crippen MR) is 90.9 cm³/mol. The Morgan fingerprint density at radius 3 is 2.88 bits per heavy atom. The van der Waals surface area contributed by atoms with E-state index in [2.05, 4.69) is 20.5 Å². The van der Waals surface area contributed by atoms with E-state index in [0.29, 0.717) is 11.6 Å². The highest BCUT2D eigenvalue weighted by Crippen LogP contribution is 2.12. The van der Waals surface area contributed by atoms with E-state index in [4.69, 9.17) is 11.6 Å². The molecule has 0 saturated carbocycles. The Balaban J connectivity index is 1.64. The molecule has 1 amide bonds. The maximum Gasteiger partial charge on any atom is 0.251 e. The molecule has 0 bridgehead atoms. The van der Waals surface area contributed by atoms with Crippen LogP contribution in [0.4, 0.5) is 5.95 Å². The van der Waals surface area contributed by atoms with Gasteiger partial charge < -0.3 is 0 Å². The van der Waals surface area contributed by atoms with Gasteiger partial charge in [-0.25, -0.2) is 9.67 Å². The van der Waals surface area contributed by atoms with E-state index in [9.17, 15) is 4.79 Å². The lowest BCUT2D eigenvalue weighted by Crippen LogP contribution is -2.24. The van der Waals surface area contributed by atoms with Gasteiger partial charge in [0.25, 0.3) is 5.91 Å². The van der Waals surface area contributed by atoms with Crippen molar-refractivity contribution >= 4 is 23.5 Å². The van der Waals surface area contributed by atoms with E-state index in [-0.39, 0.29) is 11.9 Å². The van der Waals surface area contributed by atoms with Gasteiger partial charge in [-0.1, -0.05) is 23.7 Å². The van der Waals surface area contributed by atoms with Crippen LogP contribution in [0, 0.1) is 6.92 Å². The molecule has 8 heteroatoms. The number of carbonyl (C=O) groups excluding carboxylic acids is 1. The van der Waals surface area contributed by atoms with Gasteiger partial charge in [-0.3, -0.25) is 14.8 Å². The van der Waals surface area contributed by atoms with Crippen LogP contribution >= 0.6 is 11.6 Å². The monoisotopic (exact) mass is 344 g/mol. The maximum atomic E-state index is 12.3. The van der Waals surface area contributed by atoms with Gasteiger partial charge in [-0.15, -0.1) is 5.10 Å². The number of nitrogens with zero attached hydrogens (tertiary/aromatic N) is 5. The first-order valence-corrected chi connectivity index (χ1v) is 7.85. The summed E-state index contributed by atoms with van der Waals surface area (Å²) in [5.74, 6) is 0.0383. The summed E-state index contributed by atoms with van der Waals surface area (Å²) >= 11 is 5.97. The van der Waals surface area contributed by atoms with Crippen molar-refractivity contribution in [2.24, 2.45) is 0 Å². The van der Waals surface area contributed by atoms with Crippen LogP contribution in [-0.2, 0) is 11.3 Å². The molecule has 0 radical (unpaired) electrons. The molecule has 0 aliphatic heterocycles. The van der Waals surface area contributed by atoms with E-state index in [1.165, 1.54) is 0 Å². The number of nitrogens with one attached hydrogen (secondary N) is 1. The molecule has 2 heterocycles. The van der Waals surface area contributed by atoms with E-state index in [1.54, 1.807) is 28.8 Å². The highest BCUT2D eigenvalue weighted by molar-refractivity contribution is 6.30. The van der Waals surface area contributed by atoms with Crippen LogP contribution in [0.15, 0.2) is 42.9 Å². The van der Waals surface area contributed by atoms with Gasteiger partial charge in [0, 0.05) is 11.2 Å². The molecule has 0 fully saturated rings. The highest BCUT2D eigenvalue weighted by Gasteiger charge is 2.17. The maximum absolute atomic E-state index is 12.3. The molecule has 0 spiro atoms. The largest absolute Gasteiger partial charge is 0.291 e. The van der Waals surface area contributed by atoms with Gasteiger partial charge in [0.1, 0.15) is 12.4 Å². The summed E-state index contributed by atoms with van der Waals surface area (Å²) in [7, 11) is 0. The molecule has 24 heavy (non-hydrogen) atoms. The number of amides is 1. The van der Waals surface area contributed by atoms with Crippen LogP contribution in [0.1, 0.15) is 24.2 Å². The molecule has 0 aliphatic carbocycles. The van der Waals surface area contributed by atoms with E-state index >= 15 is 0 Å². The molecule has 1 unspecified atom stereocenters. The molecule has 1 aromatic carbocycles. The first-order chi connectivity index (χ1) is 11.5. The second-order valence-electron chi connectivity index (χ2n) is 5.50. The van der Waals surface area contributed by atoms with Crippen LogP contribution < -0.4 is 5.32 Å². The summed E-state index contributed by atoms with van der Waals surface area (Å²) in [5.41, 5.74) is 1.87. The molecule has 0 aliphatic rings. The summed E-state index contributed by atoms with van der Waals surface area (Å²) in [5, 5.41) is 11.9. The van der Waals surface area contributed by atoms with Gasteiger partial charge in [0.15, 0.2) is 0 Å². The Hall–Kier alpha value is -2.67. The zero-order valence-electron chi connectivity index (χ0n) is 13.3.